The van der Waals surface area contributed by atoms with E-state index in [9.17, 15) is 0 Å². The Labute approximate surface area is 122 Å². The van der Waals surface area contributed by atoms with Crippen LogP contribution in [0, 0.1) is 0 Å². The molecule has 0 saturated heterocycles. The van der Waals surface area contributed by atoms with E-state index < -0.39 is 0 Å². The third-order valence-electron chi connectivity index (χ3n) is 3.23. The molecular weight excluding hydrogens is 252 g/mol. The summed E-state index contributed by atoms with van der Waals surface area (Å²) in [5.74, 6) is 0.906. The van der Waals surface area contributed by atoms with E-state index in [1.807, 2.05) is 12.1 Å². The van der Waals surface area contributed by atoms with Crippen LogP contribution in [-0.2, 0) is 6.54 Å². The molecule has 0 radical (unpaired) electrons. The lowest BCUT2D eigenvalue weighted by Crippen LogP contribution is -2.19. The Kier molecular flexibility index (Phi) is 9.92. The van der Waals surface area contributed by atoms with Crippen LogP contribution < -0.4 is 15.4 Å². The van der Waals surface area contributed by atoms with Crippen LogP contribution in [0.1, 0.15) is 31.2 Å². The van der Waals surface area contributed by atoms with Crippen LogP contribution in [0.2, 0.25) is 0 Å². The molecule has 0 heterocycles. The van der Waals surface area contributed by atoms with Crippen molar-refractivity contribution < 1.29 is 9.84 Å². The van der Waals surface area contributed by atoms with Crippen molar-refractivity contribution in [2.24, 2.45) is 0 Å². The average molecular weight is 280 g/mol. The molecule has 0 bridgehead atoms. The second kappa shape index (κ2) is 11.7. The van der Waals surface area contributed by atoms with Crippen molar-refractivity contribution in [2.45, 2.75) is 32.2 Å². The highest BCUT2D eigenvalue weighted by Gasteiger charge is 1.95. The Morgan fingerprint density at radius 1 is 0.900 bits per heavy atom. The molecule has 0 unspecified atom stereocenters. The lowest BCUT2D eigenvalue weighted by molar-refractivity contribution is 0.292. The number of aliphatic hydroxyl groups is 1. The summed E-state index contributed by atoms with van der Waals surface area (Å²) in [6.07, 6.45) is 4.92. The average Bonchev–Trinajstić information content (AvgIpc) is 2.50. The van der Waals surface area contributed by atoms with Crippen LogP contribution in [0.5, 0.6) is 5.75 Å². The van der Waals surface area contributed by atoms with Crippen molar-refractivity contribution in [1.82, 2.24) is 10.6 Å². The van der Waals surface area contributed by atoms with Crippen molar-refractivity contribution in [2.75, 3.05) is 33.4 Å². The summed E-state index contributed by atoms with van der Waals surface area (Å²) in [5.41, 5.74) is 1.29. The number of nitrogens with one attached hydrogen (secondary N) is 2. The minimum absolute atomic E-state index is 0.231. The fourth-order valence-electron chi connectivity index (χ4n) is 2.03. The summed E-state index contributed by atoms with van der Waals surface area (Å²) < 4.78 is 5.13. The summed E-state index contributed by atoms with van der Waals surface area (Å²) in [6.45, 7) is 3.94. The molecule has 0 aliphatic heterocycles. The molecule has 3 N–H and O–H groups in total. The second-order valence-corrected chi connectivity index (χ2v) is 4.91. The van der Waals surface area contributed by atoms with Crippen molar-refractivity contribution in [3.05, 3.63) is 29.8 Å². The number of rotatable bonds is 12. The molecule has 0 amide bonds. The molecule has 1 aromatic carbocycles. The minimum atomic E-state index is 0.231. The third kappa shape index (κ3) is 8.15. The van der Waals surface area contributed by atoms with Gasteiger partial charge in [-0.2, -0.15) is 0 Å². The predicted molar refractivity (Wildman–Crippen MR) is 83.1 cm³/mol. The fraction of sp³-hybridized carbons (Fsp3) is 0.625. The molecule has 1 aromatic rings. The van der Waals surface area contributed by atoms with Crippen LogP contribution in [0.15, 0.2) is 24.3 Å². The molecule has 0 spiro atoms. The third-order valence-corrected chi connectivity index (χ3v) is 3.23. The van der Waals surface area contributed by atoms with Crippen molar-refractivity contribution in [3.63, 3.8) is 0 Å². The molecular formula is C16H28N2O2. The predicted octanol–water partition coefficient (Wildman–Crippen LogP) is 1.93. The van der Waals surface area contributed by atoms with Gasteiger partial charge in [-0.3, -0.25) is 0 Å². The van der Waals surface area contributed by atoms with E-state index in [2.05, 4.69) is 22.8 Å². The van der Waals surface area contributed by atoms with Gasteiger partial charge in [0, 0.05) is 13.1 Å². The lowest BCUT2D eigenvalue weighted by atomic mass is 10.2. The molecule has 4 heteroatoms. The monoisotopic (exact) mass is 280 g/mol. The fourth-order valence-corrected chi connectivity index (χ4v) is 2.03. The Bertz CT molecular complexity index is 328. The summed E-state index contributed by atoms with van der Waals surface area (Å²) in [7, 11) is 1.69. The number of benzene rings is 1. The first-order chi connectivity index (χ1) is 9.86. The number of methoxy groups -OCH3 is 1. The Balaban J connectivity index is 1.91. The van der Waals surface area contributed by atoms with E-state index in [-0.39, 0.29) is 6.61 Å². The van der Waals surface area contributed by atoms with Crippen LogP contribution in [0.3, 0.4) is 0 Å². The van der Waals surface area contributed by atoms with Crippen molar-refractivity contribution in [3.8, 4) is 5.75 Å². The van der Waals surface area contributed by atoms with E-state index in [1.54, 1.807) is 7.11 Å². The molecule has 4 nitrogen and oxygen atoms in total. The van der Waals surface area contributed by atoms with E-state index in [0.717, 1.165) is 25.4 Å². The zero-order chi connectivity index (χ0) is 14.5. The Morgan fingerprint density at radius 2 is 1.55 bits per heavy atom. The van der Waals surface area contributed by atoms with Crippen molar-refractivity contribution in [1.29, 1.82) is 0 Å². The molecule has 1 rings (SSSR count). The first-order valence-corrected chi connectivity index (χ1v) is 7.52. The highest BCUT2D eigenvalue weighted by molar-refractivity contribution is 5.26. The summed E-state index contributed by atoms with van der Waals surface area (Å²) in [4.78, 5) is 0. The van der Waals surface area contributed by atoms with E-state index >= 15 is 0 Å². The van der Waals surface area contributed by atoms with Crippen molar-refractivity contribution >= 4 is 0 Å². The van der Waals surface area contributed by atoms with Gasteiger partial charge >= 0.3 is 0 Å². The van der Waals surface area contributed by atoms with Gasteiger partial charge in [0.25, 0.3) is 0 Å². The zero-order valence-corrected chi connectivity index (χ0v) is 12.5. The molecule has 0 aromatic heterocycles. The number of aliphatic hydroxyl groups excluding tert-OH is 1. The van der Waals surface area contributed by atoms with Gasteiger partial charge in [-0.15, -0.1) is 0 Å². The summed E-state index contributed by atoms with van der Waals surface area (Å²) >= 11 is 0. The zero-order valence-electron chi connectivity index (χ0n) is 12.5. The van der Waals surface area contributed by atoms with Crippen LogP contribution in [-0.4, -0.2) is 38.5 Å². The topological polar surface area (TPSA) is 53.5 Å². The highest BCUT2D eigenvalue weighted by Crippen LogP contribution is 2.10. The van der Waals surface area contributed by atoms with Crippen LogP contribution in [0.25, 0.3) is 0 Å². The van der Waals surface area contributed by atoms with Crippen LogP contribution in [0.4, 0.5) is 0 Å². The van der Waals surface area contributed by atoms with Gasteiger partial charge in [0.1, 0.15) is 5.75 Å². The van der Waals surface area contributed by atoms with Gasteiger partial charge in [0.15, 0.2) is 0 Å². The molecule has 0 saturated carbocycles. The number of hydrogen-bond acceptors (Lipinski definition) is 4. The van der Waals surface area contributed by atoms with Gasteiger partial charge in [-0.1, -0.05) is 25.0 Å². The minimum Gasteiger partial charge on any atom is -0.497 e. The second-order valence-electron chi connectivity index (χ2n) is 4.91. The Morgan fingerprint density at radius 3 is 2.15 bits per heavy atom. The molecule has 0 aliphatic carbocycles. The standard InChI is InChI=1S/C16H28N2O2/c1-20-16-8-6-15(7-9-16)14-18-11-5-3-2-4-10-17-12-13-19/h6-9,17-19H,2-5,10-14H2,1H3. The molecule has 0 aliphatic rings. The van der Waals surface area contributed by atoms with E-state index in [1.165, 1.54) is 31.2 Å². The first kappa shape index (κ1) is 17.0. The molecule has 114 valence electrons. The molecule has 20 heavy (non-hydrogen) atoms. The number of unbranched alkanes of at least 4 members (excludes halogenated alkanes) is 3. The number of hydrogen-bond donors (Lipinski definition) is 3. The maximum atomic E-state index is 8.61. The molecule has 0 atom stereocenters. The van der Waals surface area contributed by atoms with Gasteiger partial charge in [0.2, 0.25) is 0 Å². The van der Waals surface area contributed by atoms with Gasteiger partial charge in [0.05, 0.1) is 13.7 Å². The maximum absolute atomic E-state index is 8.61. The first-order valence-electron chi connectivity index (χ1n) is 7.52. The van der Waals surface area contributed by atoms with Gasteiger partial charge in [-0.05, 0) is 43.6 Å². The lowest BCUT2D eigenvalue weighted by Gasteiger charge is -2.06. The summed E-state index contributed by atoms with van der Waals surface area (Å²) in [6, 6.07) is 8.18. The van der Waals surface area contributed by atoms with Crippen LogP contribution >= 0.6 is 0 Å². The maximum Gasteiger partial charge on any atom is 0.118 e. The Hall–Kier alpha value is -1.10. The van der Waals surface area contributed by atoms with E-state index in [0.29, 0.717) is 6.54 Å². The largest absolute Gasteiger partial charge is 0.497 e. The smallest absolute Gasteiger partial charge is 0.118 e. The van der Waals surface area contributed by atoms with Gasteiger partial charge in [-0.25, -0.2) is 0 Å². The van der Waals surface area contributed by atoms with Gasteiger partial charge < -0.3 is 20.5 Å². The summed E-state index contributed by atoms with van der Waals surface area (Å²) in [5, 5.41) is 15.3. The number of ether oxygens (including phenoxy) is 1. The SMILES string of the molecule is COc1ccc(CNCCCCCCNCCO)cc1. The quantitative estimate of drug-likeness (QED) is 0.512. The highest BCUT2D eigenvalue weighted by atomic mass is 16.5. The molecule has 0 fully saturated rings. The normalized spacial score (nSPS) is 10.7. The van der Waals surface area contributed by atoms with E-state index in [4.69, 9.17) is 9.84 Å².